The van der Waals surface area contributed by atoms with Gasteiger partial charge in [0, 0.05) is 17.4 Å². The van der Waals surface area contributed by atoms with Crippen LogP contribution in [0.5, 0.6) is 5.75 Å². The van der Waals surface area contributed by atoms with Crippen LogP contribution in [0.15, 0.2) is 76.5 Å². The largest absolute Gasteiger partial charge is 0.492 e. The van der Waals surface area contributed by atoms with E-state index < -0.39 is 0 Å². The number of ether oxygens (including phenoxy) is 1. The number of furan rings is 1. The first-order valence-electron chi connectivity index (χ1n) is 9.44. The lowest BCUT2D eigenvalue weighted by molar-refractivity contribution is 0.0689. The first kappa shape index (κ1) is 16.7. The van der Waals surface area contributed by atoms with Crippen LogP contribution in [0.1, 0.15) is 30.9 Å². The van der Waals surface area contributed by atoms with Crippen molar-refractivity contribution in [3.05, 3.63) is 78.4 Å². The van der Waals surface area contributed by atoms with Crippen molar-refractivity contribution in [2.45, 2.75) is 19.4 Å². The van der Waals surface area contributed by atoms with Crippen molar-refractivity contribution >= 4 is 16.6 Å². The Hall–Kier alpha value is -3.47. The second-order valence-corrected chi connectivity index (χ2v) is 6.70. The maximum Gasteiger partial charge on any atom is 0.190 e. The van der Waals surface area contributed by atoms with E-state index in [-0.39, 0.29) is 6.10 Å². The van der Waals surface area contributed by atoms with E-state index in [1.54, 1.807) is 6.26 Å². The Morgan fingerprint density at radius 2 is 1.96 bits per heavy atom. The summed E-state index contributed by atoms with van der Waals surface area (Å²) in [4.78, 5) is 9.23. The summed E-state index contributed by atoms with van der Waals surface area (Å²) in [6.45, 7) is 2.60. The van der Waals surface area contributed by atoms with Gasteiger partial charge in [-0.25, -0.2) is 0 Å². The monoisotopic (exact) mass is 372 g/mol. The van der Waals surface area contributed by atoms with Gasteiger partial charge in [0.1, 0.15) is 17.2 Å². The van der Waals surface area contributed by atoms with Crippen molar-refractivity contribution in [1.29, 1.82) is 0 Å². The molecule has 2 aromatic carbocycles. The van der Waals surface area contributed by atoms with Gasteiger partial charge in [0.25, 0.3) is 0 Å². The molecule has 1 N–H and O–H groups in total. The van der Waals surface area contributed by atoms with Crippen LogP contribution in [0.4, 0.5) is 0 Å². The normalized spacial score (nSPS) is 16.2. The van der Waals surface area contributed by atoms with Crippen molar-refractivity contribution in [3.8, 4) is 16.9 Å². The molecule has 1 aliphatic rings. The summed E-state index contributed by atoms with van der Waals surface area (Å²) >= 11 is 0. The molecule has 2 aromatic heterocycles. The first-order valence-corrected chi connectivity index (χ1v) is 9.44. The molecule has 5 rings (SSSR count). The number of fused-ring (bicyclic) bond motifs is 1. The van der Waals surface area contributed by atoms with E-state index in [9.17, 15) is 0 Å². The fourth-order valence-corrected chi connectivity index (χ4v) is 3.74. The molecular formula is C23H20N2O3. The van der Waals surface area contributed by atoms with Crippen LogP contribution in [0, 0.1) is 0 Å². The van der Waals surface area contributed by atoms with Gasteiger partial charge in [0.05, 0.1) is 24.1 Å². The maximum absolute atomic E-state index is 5.85. The molecule has 1 atom stereocenters. The third kappa shape index (κ3) is 2.76. The van der Waals surface area contributed by atoms with Crippen LogP contribution >= 0.6 is 0 Å². The first-order chi connectivity index (χ1) is 13.8. The summed E-state index contributed by atoms with van der Waals surface area (Å²) in [6.07, 6.45) is 2.10. The summed E-state index contributed by atoms with van der Waals surface area (Å²) in [5, 5.41) is 5.49. The van der Waals surface area contributed by atoms with Crippen molar-refractivity contribution in [3.63, 3.8) is 0 Å². The number of hydrogen-bond acceptors (Lipinski definition) is 4. The molecule has 0 radical (unpaired) electrons. The van der Waals surface area contributed by atoms with E-state index in [1.807, 2.05) is 49.4 Å². The van der Waals surface area contributed by atoms with E-state index >= 15 is 0 Å². The Morgan fingerprint density at radius 1 is 1.07 bits per heavy atom. The van der Waals surface area contributed by atoms with Gasteiger partial charge in [-0.05, 0) is 30.7 Å². The van der Waals surface area contributed by atoms with E-state index in [1.165, 1.54) is 0 Å². The topological polar surface area (TPSA) is 59.8 Å². The minimum absolute atomic E-state index is 0.202. The molecule has 140 valence electrons. The average Bonchev–Trinajstić information content (AvgIpc) is 3.47. The number of aromatic nitrogens is 1. The summed E-state index contributed by atoms with van der Waals surface area (Å²) in [7, 11) is 0. The van der Waals surface area contributed by atoms with Crippen molar-refractivity contribution in [1.82, 2.24) is 4.98 Å². The third-order valence-corrected chi connectivity index (χ3v) is 4.98. The van der Waals surface area contributed by atoms with Gasteiger partial charge in [-0.2, -0.15) is 0 Å². The van der Waals surface area contributed by atoms with Gasteiger partial charge in [-0.3, -0.25) is 0 Å². The van der Waals surface area contributed by atoms with E-state index in [0.29, 0.717) is 13.0 Å². The zero-order valence-corrected chi connectivity index (χ0v) is 15.5. The van der Waals surface area contributed by atoms with E-state index in [2.05, 4.69) is 28.3 Å². The number of nitrogens with zero attached hydrogens (tertiary/aromatic N) is 1. The van der Waals surface area contributed by atoms with Gasteiger partial charge in [-0.1, -0.05) is 47.6 Å². The lowest BCUT2D eigenvalue weighted by Crippen LogP contribution is -2.03. The molecule has 4 aromatic rings. The Bertz CT molecular complexity index is 1130. The second kappa shape index (κ2) is 6.93. The van der Waals surface area contributed by atoms with Crippen LogP contribution < -0.4 is 4.74 Å². The number of aromatic amines is 1. The van der Waals surface area contributed by atoms with Gasteiger partial charge in [0.2, 0.25) is 0 Å². The highest BCUT2D eigenvalue weighted by molar-refractivity contribution is 6.13. The minimum atomic E-state index is -0.202. The molecule has 0 aliphatic carbocycles. The van der Waals surface area contributed by atoms with Crippen LogP contribution in [-0.2, 0) is 4.84 Å². The fourth-order valence-electron chi connectivity index (χ4n) is 3.74. The SMILES string of the molecule is CCOc1cccc2c(-c3ccccc3)c(C3=NOC(c4ccco4)C3)[nH]c12. The third-order valence-electron chi connectivity index (χ3n) is 4.98. The number of benzene rings is 2. The molecule has 0 bridgehead atoms. The highest BCUT2D eigenvalue weighted by atomic mass is 16.6. The zero-order valence-electron chi connectivity index (χ0n) is 15.5. The van der Waals surface area contributed by atoms with Crippen molar-refractivity contribution < 1.29 is 14.0 Å². The number of hydrogen-bond donors (Lipinski definition) is 1. The lowest BCUT2D eigenvalue weighted by Gasteiger charge is -2.06. The standard InChI is InChI=1S/C23H20N2O3/c1-2-26-19-11-6-10-16-21(15-8-4-3-5-9-15)23(24-22(16)19)17-14-20(28-25-17)18-12-7-13-27-18/h3-13,20,24H,2,14H2,1H3. The molecule has 28 heavy (non-hydrogen) atoms. The molecule has 0 spiro atoms. The molecule has 0 saturated carbocycles. The van der Waals surface area contributed by atoms with E-state index in [0.717, 1.165) is 44.9 Å². The summed E-state index contributed by atoms with van der Waals surface area (Å²) in [5.41, 5.74) is 5.05. The highest BCUT2D eigenvalue weighted by Crippen LogP contribution is 2.39. The predicted molar refractivity (Wildman–Crippen MR) is 109 cm³/mol. The minimum Gasteiger partial charge on any atom is -0.492 e. The lowest BCUT2D eigenvalue weighted by atomic mass is 9.98. The van der Waals surface area contributed by atoms with Crippen LogP contribution in [0.3, 0.4) is 0 Å². The molecule has 0 saturated heterocycles. The molecule has 3 heterocycles. The van der Waals surface area contributed by atoms with Gasteiger partial charge in [-0.15, -0.1) is 0 Å². The second-order valence-electron chi connectivity index (χ2n) is 6.70. The number of rotatable bonds is 5. The van der Waals surface area contributed by atoms with Gasteiger partial charge in [0.15, 0.2) is 6.10 Å². The van der Waals surface area contributed by atoms with Crippen LogP contribution in [-0.4, -0.2) is 17.3 Å². The Kier molecular flexibility index (Phi) is 4.13. The molecule has 5 heteroatoms. The molecule has 5 nitrogen and oxygen atoms in total. The number of oxime groups is 1. The predicted octanol–water partition coefficient (Wildman–Crippen LogP) is 5.69. The fraction of sp³-hybridized carbons (Fsp3) is 0.174. The van der Waals surface area contributed by atoms with E-state index in [4.69, 9.17) is 14.0 Å². The Balaban J connectivity index is 1.65. The molecule has 0 fully saturated rings. The molecule has 1 unspecified atom stereocenters. The summed E-state index contributed by atoms with van der Waals surface area (Å²) in [5.74, 6) is 1.62. The molecule has 1 aliphatic heterocycles. The van der Waals surface area contributed by atoms with Gasteiger partial charge < -0.3 is 19.0 Å². The summed E-state index contributed by atoms with van der Waals surface area (Å²) in [6, 6.07) is 20.2. The quantitative estimate of drug-likeness (QED) is 0.489. The molecular weight excluding hydrogens is 352 g/mol. The highest BCUT2D eigenvalue weighted by Gasteiger charge is 2.29. The maximum atomic E-state index is 5.85. The number of para-hydroxylation sites is 1. The molecule has 0 amide bonds. The Morgan fingerprint density at radius 3 is 2.75 bits per heavy atom. The zero-order chi connectivity index (χ0) is 18.9. The van der Waals surface area contributed by atoms with Crippen LogP contribution in [0.2, 0.25) is 0 Å². The van der Waals surface area contributed by atoms with Gasteiger partial charge >= 0.3 is 0 Å². The van der Waals surface area contributed by atoms with Crippen molar-refractivity contribution in [2.24, 2.45) is 5.16 Å². The smallest absolute Gasteiger partial charge is 0.190 e. The van der Waals surface area contributed by atoms with Crippen LogP contribution in [0.25, 0.3) is 22.0 Å². The number of H-pyrrole nitrogens is 1. The Labute approximate surface area is 162 Å². The van der Waals surface area contributed by atoms with Crippen molar-refractivity contribution in [2.75, 3.05) is 6.61 Å². The average molecular weight is 372 g/mol. The summed E-state index contributed by atoms with van der Waals surface area (Å²) < 4.78 is 11.3. The number of nitrogens with one attached hydrogen (secondary N) is 1.